The molecular formula is C21H19N5O3. The normalized spacial score (nSPS) is 11.4. The summed E-state index contributed by atoms with van der Waals surface area (Å²) in [7, 11) is 1.47. The van der Waals surface area contributed by atoms with Crippen molar-refractivity contribution in [3.8, 4) is 17.2 Å². The molecule has 0 atom stereocenters. The Morgan fingerprint density at radius 2 is 1.90 bits per heavy atom. The second-order valence-electron chi connectivity index (χ2n) is 6.48. The van der Waals surface area contributed by atoms with Gasteiger partial charge in [-0.1, -0.05) is 18.2 Å². The number of phenolic OH excluding ortho intramolecular Hbond substituents is 1. The van der Waals surface area contributed by atoms with Gasteiger partial charge < -0.3 is 9.84 Å². The smallest absolute Gasteiger partial charge is 0.285 e. The molecule has 0 radical (unpaired) electrons. The summed E-state index contributed by atoms with van der Waals surface area (Å²) < 4.78 is 8.01. The lowest BCUT2D eigenvalue weighted by Gasteiger charge is -2.06. The summed E-state index contributed by atoms with van der Waals surface area (Å²) in [6.45, 7) is 3.49. The molecule has 0 aliphatic heterocycles. The van der Waals surface area contributed by atoms with E-state index in [1.54, 1.807) is 30.7 Å². The number of methoxy groups -OCH3 is 1. The van der Waals surface area contributed by atoms with Crippen LogP contribution in [0.2, 0.25) is 0 Å². The Balaban J connectivity index is 1.83. The molecule has 0 unspecified atom stereocenters. The number of phenols is 1. The number of nitrogens with zero attached hydrogens (tertiary/aromatic N) is 5. The van der Waals surface area contributed by atoms with Crippen LogP contribution in [0.3, 0.4) is 0 Å². The fourth-order valence-corrected chi connectivity index (χ4v) is 3.11. The van der Waals surface area contributed by atoms with Crippen molar-refractivity contribution in [2.45, 2.75) is 13.8 Å². The molecule has 2 aromatic heterocycles. The van der Waals surface area contributed by atoms with Gasteiger partial charge in [0.05, 0.1) is 24.7 Å². The van der Waals surface area contributed by atoms with Gasteiger partial charge in [0, 0.05) is 0 Å². The van der Waals surface area contributed by atoms with Gasteiger partial charge in [0.15, 0.2) is 17.1 Å². The lowest BCUT2D eigenvalue weighted by molar-refractivity contribution is 0.373. The lowest BCUT2D eigenvalue weighted by atomic mass is 10.2. The maximum atomic E-state index is 13.1. The number of hydrogen-bond acceptors (Lipinski definition) is 6. The molecule has 0 saturated carbocycles. The topological polar surface area (TPSA) is 94.5 Å². The van der Waals surface area contributed by atoms with Crippen molar-refractivity contribution in [1.82, 2.24) is 19.4 Å². The molecule has 0 fully saturated rings. The van der Waals surface area contributed by atoms with Crippen molar-refractivity contribution in [2.24, 2.45) is 5.10 Å². The molecular weight excluding hydrogens is 370 g/mol. The minimum absolute atomic E-state index is 0.0324. The van der Waals surface area contributed by atoms with Gasteiger partial charge in [-0.2, -0.15) is 14.9 Å². The van der Waals surface area contributed by atoms with Crippen LogP contribution in [0, 0.1) is 13.8 Å². The van der Waals surface area contributed by atoms with E-state index in [-0.39, 0.29) is 11.3 Å². The summed E-state index contributed by atoms with van der Waals surface area (Å²) in [5, 5.41) is 18.9. The average Bonchev–Trinajstić information content (AvgIpc) is 3.05. The van der Waals surface area contributed by atoms with Gasteiger partial charge in [-0.25, -0.2) is 9.67 Å². The lowest BCUT2D eigenvalue weighted by Crippen LogP contribution is -2.21. The summed E-state index contributed by atoms with van der Waals surface area (Å²) in [6, 6.07) is 14.3. The van der Waals surface area contributed by atoms with Crippen molar-refractivity contribution in [3.05, 3.63) is 76.0 Å². The Bertz CT molecular complexity index is 1290. The minimum atomic E-state index is -0.297. The maximum Gasteiger partial charge on any atom is 0.285 e. The van der Waals surface area contributed by atoms with Crippen LogP contribution in [0.4, 0.5) is 0 Å². The van der Waals surface area contributed by atoms with Gasteiger partial charge in [0.2, 0.25) is 0 Å². The first-order valence-corrected chi connectivity index (χ1v) is 8.95. The zero-order valence-electron chi connectivity index (χ0n) is 16.2. The van der Waals surface area contributed by atoms with E-state index in [2.05, 4.69) is 15.2 Å². The summed E-state index contributed by atoms with van der Waals surface area (Å²) in [4.78, 5) is 17.7. The molecule has 0 amide bonds. The minimum Gasteiger partial charge on any atom is -0.504 e. The monoisotopic (exact) mass is 389 g/mol. The number of aromatic hydroxyl groups is 1. The number of hydrogen-bond donors (Lipinski definition) is 1. The largest absolute Gasteiger partial charge is 0.504 e. The number of rotatable bonds is 4. The van der Waals surface area contributed by atoms with Crippen LogP contribution in [-0.2, 0) is 0 Å². The summed E-state index contributed by atoms with van der Waals surface area (Å²) in [5.41, 5.74) is 2.27. The summed E-state index contributed by atoms with van der Waals surface area (Å²) in [6.07, 6.45) is 1.51. The van der Waals surface area contributed by atoms with Crippen molar-refractivity contribution < 1.29 is 9.84 Å². The third kappa shape index (κ3) is 3.25. The highest BCUT2D eigenvalue weighted by atomic mass is 16.5. The van der Waals surface area contributed by atoms with Gasteiger partial charge >= 0.3 is 0 Å². The van der Waals surface area contributed by atoms with Crippen molar-refractivity contribution in [2.75, 3.05) is 7.11 Å². The molecule has 2 heterocycles. The van der Waals surface area contributed by atoms with Gasteiger partial charge in [0.25, 0.3) is 5.56 Å². The molecule has 4 rings (SSSR count). The highest BCUT2D eigenvalue weighted by Gasteiger charge is 2.17. The zero-order chi connectivity index (χ0) is 20.5. The van der Waals surface area contributed by atoms with E-state index in [0.717, 1.165) is 5.69 Å². The molecule has 29 heavy (non-hydrogen) atoms. The number of benzene rings is 2. The molecule has 0 aliphatic rings. The fourth-order valence-electron chi connectivity index (χ4n) is 3.11. The molecule has 0 spiro atoms. The highest BCUT2D eigenvalue weighted by molar-refractivity contribution is 5.82. The third-order valence-corrected chi connectivity index (χ3v) is 4.54. The Morgan fingerprint density at radius 1 is 1.14 bits per heavy atom. The summed E-state index contributed by atoms with van der Waals surface area (Å²) in [5.74, 6) is 0.790. The molecule has 0 aliphatic carbocycles. The number of ether oxygens (including phenoxy) is 1. The second-order valence-corrected chi connectivity index (χ2v) is 6.48. The zero-order valence-corrected chi connectivity index (χ0v) is 16.2. The van der Waals surface area contributed by atoms with Gasteiger partial charge in [-0.05, 0) is 49.7 Å². The first kappa shape index (κ1) is 18.4. The molecule has 2 aromatic carbocycles. The Labute approximate surface area is 166 Å². The molecule has 0 bridgehead atoms. The van der Waals surface area contributed by atoms with Crippen LogP contribution in [0.15, 0.2) is 58.4 Å². The van der Waals surface area contributed by atoms with Crippen molar-refractivity contribution >= 4 is 17.2 Å². The Morgan fingerprint density at radius 3 is 2.62 bits per heavy atom. The number of aromatic nitrogens is 4. The molecule has 8 heteroatoms. The number of aryl methyl sites for hydroxylation is 2. The number of fused-ring (bicyclic) bond motifs is 1. The third-order valence-electron chi connectivity index (χ3n) is 4.54. The van der Waals surface area contributed by atoms with Crippen LogP contribution in [0.1, 0.15) is 17.1 Å². The van der Waals surface area contributed by atoms with E-state index in [4.69, 9.17) is 4.74 Å². The van der Waals surface area contributed by atoms with Gasteiger partial charge in [0.1, 0.15) is 11.2 Å². The fraction of sp³-hybridized carbons (Fsp3) is 0.143. The predicted octanol–water partition coefficient (Wildman–Crippen LogP) is 2.80. The van der Waals surface area contributed by atoms with Crippen LogP contribution in [-0.4, -0.2) is 37.9 Å². The molecule has 4 aromatic rings. The van der Waals surface area contributed by atoms with E-state index in [1.165, 1.54) is 24.1 Å². The van der Waals surface area contributed by atoms with Crippen LogP contribution >= 0.6 is 0 Å². The van der Waals surface area contributed by atoms with E-state index in [9.17, 15) is 9.90 Å². The Hall–Kier alpha value is -3.94. The van der Waals surface area contributed by atoms with E-state index in [1.807, 2.05) is 30.3 Å². The van der Waals surface area contributed by atoms with Crippen molar-refractivity contribution in [3.63, 3.8) is 0 Å². The number of para-hydroxylation sites is 1. The van der Waals surface area contributed by atoms with Gasteiger partial charge in [-0.15, -0.1) is 0 Å². The molecule has 0 saturated heterocycles. The highest BCUT2D eigenvalue weighted by Crippen LogP contribution is 2.25. The average molecular weight is 389 g/mol. The maximum absolute atomic E-state index is 13.1. The second kappa shape index (κ2) is 7.23. The van der Waals surface area contributed by atoms with Crippen LogP contribution in [0.25, 0.3) is 16.7 Å². The SMILES string of the molecule is COc1cc(/C=N/n2c(C)nc3c(c(C)nn3-c3ccccc3)c2=O)ccc1O. The molecule has 1 N–H and O–H groups in total. The van der Waals surface area contributed by atoms with E-state index >= 15 is 0 Å². The van der Waals surface area contributed by atoms with Crippen LogP contribution in [0.5, 0.6) is 11.5 Å². The van der Waals surface area contributed by atoms with E-state index < -0.39 is 0 Å². The summed E-state index contributed by atoms with van der Waals surface area (Å²) >= 11 is 0. The standard InChI is InChI=1S/C21H19N5O3/c1-13-19-20(26(24-13)16-7-5-4-6-8-16)23-14(2)25(21(19)28)22-12-15-9-10-17(27)18(11-15)29-3/h4-12,27H,1-3H3/b22-12+. The molecule has 146 valence electrons. The van der Waals surface area contributed by atoms with Gasteiger partial charge in [-0.3, -0.25) is 4.79 Å². The van der Waals surface area contributed by atoms with Crippen LogP contribution < -0.4 is 10.3 Å². The van der Waals surface area contributed by atoms with E-state index in [0.29, 0.717) is 33.9 Å². The predicted molar refractivity (Wildman–Crippen MR) is 110 cm³/mol. The first-order valence-electron chi connectivity index (χ1n) is 8.95. The quantitative estimate of drug-likeness (QED) is 0.542. The Kier molecular flexibility index (Phi) is 4.59. The first-order chi connectivity index (χ1) is 14.0. The molecule has 8 nitrogen and oxygen atoms in total. The van der Waals surface area contributed by atoms with Crippen molar-refractivity contribution in [1.29, 1.82) is 0 Å².